The maximum absolute atomic E-state index is 12.6. The average molecular weight is 347 g/mol. The van der Waals surface area contributed by atoms with Crippen LogP contribution in [0.25, 0.3) is 17.3 Å². The molecule has 0 unspecified atom stereocenters. The Balaban J connectivity index is 1.81. The van der Waals surface area contributed by atoms with E-state index in [0.717, 1.165) is 17.0 Å². The van der Waals surface area contributed by atoms with Crippen LogP contribution in [0, 0.1) is 0 Å². The molecule has 0 aliphatic heterocycles. The molecule has 0 radical (unpaired) electrons. The summed E-state index contributed by atoms with van der Waals surface area (Å²) < 4.78 is 0. The first-order valence-corrected chi connectivity index (χ1v) is 8.68. The maximum atomic E-state index is 12.6. The van der Waals surface area contributed by atoms with Crippen molar-refractivity contribution in [3.8, 4) is 11.3 Å². The van der Waals surface area contributed by atoms with E-state index in [1.807, 2.05) is 53.9 Å². The molecule has 2 aromatic heterocycles. The van der Waals surface area contributed by atoms with Crippen LogP contribution in [0.2, 0.25) is 0 Å². The van der Waals surface area contributed by atoms with Gasteiger partial charge in [-0.2, -0.15) is 0 Å². The van der Waals surface area contributed by atoms with E-state index in [1.165, 1.54) is 17.4 Å². The van der Waals surface area contributed by atoms with E-state index in [0.29, 0.717) is 11.7 Å². The van der Waals surface area contributed by atoms with E-state index in [-0.39, 0.29) is 5.91 Å². The molecule has 0 saturated heterocycles. The minimum absolute atomic E-state index is 0.153. The van der Waals surface area contributed by atoms with Crippen molar-refractivity contribution in [2.75, 3.05) is 11.4 Å². The zero-order valence-electron chi connectivity index (χ0n) is 13.6. The van der Waals surface area contributed by atoms with Gasteiger partial charge in [-0.1, -0.05) is 42.5 Å². The third-order valence-corrected chi connectivity index (χ3v) is 4.32. The second-order valence-corrected chi connectivity index (χ2v) is 6.04. The highest BCUT2D eigenvalue weighted by molar-refractivity contribution is 7.14. The molecule has 4 nitrogen and oxygen atoms in total. The third-order valence-electron chi connectivity index (χ3n) is 3.45. The van der Waals surface area contributed by atoms with Gasteiger partial charge >= 0.3 is 0 Å². The summed E-state index contributed by atoms with van der Waals surface area (Å²) in [5.41, 5.74) is 2.62. The van der Waals surface area contributed by atoms with Crippen molar-refractivity contribution in [1.29, 1.82) is 0 Å². The zero-order valence-corrected chi connectivity index (χ0v) is 14.4. The lowest BCUT2D eigenvalue weighted by molar-refractivity contribution is -0.114. The highest BCUT2D eigenvalue weighted by Crippen LogP contribution is 2.27. The lowest BCUT2D eigenvalue weighted by atomic mass is 10.2. The molecule has 0 aliphatic carbocycles. The van der Waals surface area contributed by atoms with E-state index >= 15 is 0 Å². The SMILES string of the molecule is C=CCN(C(=O)/C=C/c1ccccn1)c1nc(-c2ccccc2)cs1. The summed E-state index contributed by atoms with van der Waals surface area (Å²) in [5, 5.41) is 2.60. The molecule has 25 heavy (non-hydrogen) atoms. The van der Waals surface area contributed by atoms with E-state index in [1.54, 1.807) is 23.2 Å². The fourth-order valence-electron chi connectivity index (χ4n) is 2.24. The van der Waals surface area contributed by atoms with E-state index in [4.69, 9.17) is 0 Å². The fraction of sp³-hybridized carbons (Fsp3) is 0.0500. The van der Waals surface area contributed by atoms with Gasteiger partial charge in [-0.15, -0.1) is 17.9 Å². The summed E-state index contributed by atoms with van der Waals surface area (Å²) in [6.45, 7) is 4.13. The Bertz CT molecular complexity index is 872. The summed E-state index contributed by atoms with van der Waals surface area (Å²) in [4.78, 5) is 23.0. The highest BCUT2D eigenvalue weighted by atomic mass is 32.1. The Morgan fingerprint density at radius 2 is 1.96 bits per heavy atom. The van der Waals surface area contributed by atoms with Gasteiger partial charge in [-0.25, -0.2) is 4.98 Å². The van der Waals surface area contributed by atoms with Crippen LogP contribution in [-0.2, 0) is 4.79 Å². The molecule has 0 atom stereocenters. The lowest BCUT2D eigenvalue weighted by Crippen LogP contribution is -2.29. The van der Waals surface area contributed by atoms with Crippen molar-refractivity contribution in [2.24, 2.45) is 0 Å². The van der Waals surface area contributed by atoms with Crippen molar-refractivity contribution in [2.45, 2.75) is 0 Å². The van der Waals surface area contributed by atoms with Gasteiger partial charge in [0.1, 0.15) is 0 Å². The zero-order chi connectivity index (χ0) is 17.5. The molecule has 0 spiro atoms. The highest BCUT2D eigenvalue weighted by Gasteiger charge is 2.16. The van der Waals surface area contributed by atoms with Gasteiger partial charge in [0.15, 0.2) is 5.13 Å². The lowest BCUT2D eigenvalue weighted by Gasteiger charge is -2.15. The van der Waals surface area contributed by atoms with E-state index in [2.05, 4.69) is 16.5 Å². The van der Waals surface area contributed by atoms with Gasteiger partial charge in [0.05, 0.1) is 11.4 Å². The van der Waals surface area contributed by atoms with Gasteiger partial charge in [0.2, 0.25) is 0 Å². The maximum Gasteiger partial charge on any atom is 0.253 e. The second kappa shape index (κ2) is 8.17. The minimum atomic E-state index is -0.153. The number of benzene rings is 1. The number of rotatable bonds is 6. The normalized spacial score (nSPS) is 10.7. The number of carbonyl (C=O) groups excluding carboxylic acids is 1. The summed E-state index contributed by atoms with van der Waals surface area (Å²) in [6.07, 6.45) is 6.59. The van der Waals surface area contributed by atoms with Crippen LogP contribution in [0.3, 0.4) is 0 Å². The first-order valence-electron chi connectivity index (χ1n) is 7.80. The number of nitrogens with zero attached hydrogens (tertiary/aromatic N) is 3. The summed E-state index contributed by atoms with van der Waals surface area (Å²) in [5.74, 6) is -0.153. The molecule has 0 fully saturated rings. The third kappa shape index (κ3) is 4.28. The predicted molar refractivity (Wildman–Crippen MR) is 103 cm³/mol. The van der Waals surface area contributed by atoms with Gasteiger partial charge in [-0.3, -0.25) is 14.7 Å². The quantitative estimate of drug-likeness (QED) is 0.489. The Labute approximate surface area is 150 Å². The second-order valence-electron chi connectivity index (χ2n) is 5.21. The average Bonchev–Trinajstić information content (AvgIpc) is 3.15. The molecule has 0 saturated carbocycles. The molecule has 3 aromatic rings. The van der Waals surface area contributed by atoms with Crippen LogP contribution in [0.5, 0.6) is 0 Å². The van der Waals surface area contributed by atoms with Crippen LogP contribution in [0.15, 0.2) is 78.8 Å². The molecule has 0 bridgehead atoms. The molecule has 1 aromatic carbocycles. The Hall–Kier alpha value is -3.05. The summed E-state index contributed by atoms with van der Waals surface area (Å²) in [6, 6.07) is 15.5. The molecule has 2 heterocycles. The molecular weight excluding hydrogens is 330 g/mol. The van der Waals surface area contributed by atoms with Crippen molar-refractivity contribution in [3.05, 3.63) is 84.5 Å². The van der Waals surface area contributed by atoms with E-state index in [9.17, 15) is 4.79 Å². The number of anilines is 1. The van der Waals surface area contributed by atoms with Crippen molar-refractivity contribution >= 4 is 28.5 Å². The van der Waals surface area contributed by atoms with Crippen molar-refractivity contribution in [1.82, 2.24) is 9.97 Å². The first-order chi connectivity index (χ1) is 12.3. The number of thiazole rings is 1. The Morgan fingerprint density at radius 1 is 1.16 bits per heavy atom. The van der Waals surface area contributed by atoms with Crippen LogP contribution < -0.4 is 4.90 Å². The number of hydrogen-bond donors (Lipinski definition) is 0. The molecule has 3 rings (SSSR count). The molecule has 1 amide bonds. The number of carbonyl (C=O) groups is 1. The number of hydrogen-bond acceptors (Lipinski definition) is 4. The largest absolute Gasteiger partial charge is 0.281 e. The van der Waals surface area contributed by atoms with Crippen LogP contribution in [0.4, 0.5) is 5.13 Å². The summed E-state index contributed by atoms with van der Waals surface area (Å²) >= 11 is 1.44. The standard InChI is InChI=1S/C20H17N3OS/c1-2-14-23(19(24)12-11-17-10-6-7-13-21-17)20-22-18(15-25-20)16-8-4-3-5-9-16/h2-13,15H,1,14H2/b12-11+. The van der Waals surface area contributed by atoms with Gasteiger partial charge in [0, 0.05) is 29.8 Å². The van der Waals surface area contributed by atoms with Gasteiger partial charge < -0.3 is 0 Å². The van der Waals surface area contributed by atoms with Crippen molar-refractivity contribution in [3.63, 3.8) is 0 Å². The fourth-order valence-corrected chi connectivity index (χ4v) is 3.09. The number of amides is 1. The smallest absolute Gasteiger partial charge is 0.253 e. The number of pyridine rings is 1. The topological polar surface area (TPSA) is 46.1 Å². The van der Waals surface area contributed by atoms with Crippen LogP contribution in [-0.4, -0.2) is 22.4 Å². The Kier molecular flexibility index (Phi) is 5.49. The van der Waals surface area contributed by atoms with Crippen molar-refractivity contribution < 1.29 is 4.79 Å². The van der Waals surface area contributed by atoms with Crippen LogP contribution >= 0.6 is 11.3 Å². The minimum Gasteiger partial charge on any atom is -0.281 e. The van der Waals surface area contributed by atoms with Gasteiger partial charge in [-0.05, 0) is 18.2 Å². The molecule has 0 aliphatic rings. The molecule has 0 N–H and O–H groups in total. The van der Waals surface area contributed by atoms with Gasteiger partial charge in [0.25, 0.3) is 5.91 Å². The Morgan fingerprint density at radius 3 is 2.68 bits per heavy atom. The van der Waals surface area contributed by atoms with Crippen LogP contribution in [0.1, 0.15) is 5.69 Å². The molecule has 5 heteroatoms. The predicted octanol–water partition coefficient (Wildman–Crippen LogP) is 4.44. The molecule has 124 valence electrons. The number of aromatic nitrogens is 2. The first kappa shape index (κ1) is 16.8. The van der Waals surface area contributed by atoms with E-state index < -0.39 is 0 Å². The summed E-state index contributed by atoms with van der Waals surface area (Å²) in [7, 11) is 0. The monoisotopic (exact) mass is 347 g/mol. The molecular formula is C20H17N3OS.